The highest BCUT2D eigenvalue weighted by molar-refractivity contribution is 5.95. The molecule has 0 spiro atoms. The van der Waals surface area contributed by atoms with Crippen molar-refractivity contribution < 1.29 is 33.0 Å². The van der Waals surface area contributed by atoms with E-state index in [4.69, 9.17) is 18.6 Å². The first-order valence-corrected chi connectivity index (χ1v) is 10.7. The molecule has 34 heavy (non-hydrogen) atoms. The Balaban J connectivity index is 1.90. The number of amides is 2. The summed E-state index contributed by atoms with van der Waals surface area (Å²) in [4.78, 5) is 39.1. The highest BCUT2D eigenvalue weighted by Crippen LogP contribution is 2.29. The van der Waals surface area contributed by atoms with E-state index < -0.39 is 24.0 Å². The number of hydrogen-bond acceptors (Lipinski definition) is 8. The number of esters is 2. The molecule has 10 heteroatoms. The molecule has 1 aliphatic heterocycles. The number of likely N-dealkylation sites (N-methyl/N-ethyl adjacent to an activating group) is 1. The van der Waals surface area contributed by atoms with Crippen LogP contribution in [0, 0.1) is 6.92 Å². The molecule has 0 saturated heterocycles. The molecule has 0 fully saturated rings. The lowest BCUT2D eigenvalue weighted by Gasteiger charge is -2.31. The van der Waals surface area contributed by atoms with Crippen LogP contribution >= 0.6 is 0 Å². The zero-order valence-corrected chi connectivity index (χ0v) is 19.9. The summed E-state index contributed by atoms with van der Waals surface area (Å²) in [5, 5.41) is 5.55. The van der Waals surface area contributed by atoms with Gasteiger partial charge >= 0.3 is 18.0 Å². The van der Waals surface area contributed by atoms with Crippen molar-refractivity contribution in [1.29, 1.82) is 0 Å². The number of urea groups is 1. The van der Waals surface area contributed by atoms with E-state index in [1.807, 2.05) is 11.9 Å². The molecule has 1 aromatic carbocycles. The van der Waals surface area contributed by atoms with Crippen LogP contribution in [0.1, 0.15) is 40.4 Å². The molecule has 1 aliphatic rings. The smallest absolute Gasteiger partial charge is 0.341 e. The standard InChI is InChI=1S/C24H29N3O7/c1-6-33-23(29)20-19(13-27(3)12-17-11-18(14(2)34-17)22(28)32-5)25-24(30)26-21(20)15-7-9-16(31-4)10-8-15/h7-11,21H,6,12-13H2,1-5H3,(H2,25,26,30)/t21-/m0/s1. The van der Waals surface area contributed by atoms with Crippen LogP contribution in [0.25, 0.3) is 0 Å². The van der Waals surface area contributed by atoms with Crippen LogP contribution < -0.4 is 15.4 Å². The normalized spacial score (nSPS) is 15.6. The van der Waals surface area contributed by atoms with Gasteiger partial charge in [0.25, 0.3) is 0 Å². The van der Waals surface area contributed by atoms with Gasteiger partial charge in [-0.15, -0.1) is 0 Å². The predicted octanol–water partition coefficient (Wildman–Crippen LogP) is 2.69. The lowest BCUT2D eigenvalue weighted by molar-refractivity contribution is -0.139. The monoisotopic (exact) mass is 471 g/mol. The predicted molar refractivity (Wildman–Crippen MR) is 122 cm³/mol. The van der Waals surface area contributed by atoms with Gasteiger partial charge in [0.15, 0.2) is 0 Å². The number of nitrogens with zero attached hydrogens (tertiary/aromatic N) is 1. The SMILES string of the molecule is CCOC(=O)C1=C(CN(C)Cc2cc(C(=O)OC)c(C)o2)NC(=O)N[C@H]1c1ccc(OC)cc1. The highest BCUT2D eigenvalue weighted by Gasteiger charge is 2.34. The van der Waals surface area contributed by atoms with Gasteiger partial charge in [0.2, 0.25) is 0 Å². The van der Waals surface area contributed by atoms with Crippen LogP contribution in [0.15, 0.2) is 46.0 Å². The Kier molecular flexibility index (Phi) is 7.95. The summed E-state index contributed by atoms with van der Waals surface area (Å²) in [5.74, 6) is 0.657. The molecule has 1 atom stereocenters. The molecule has 2 heterocycles. The van der Waals surface area contributed by atoms with Crippen molar-refractivity contribution in [3.63, 3.8) is 0 Å². The second-order valence-corrected chi connectivity index (χ2v) is 7.76. The highest BCUT2D eigenvalue weighted by atomic mass is 16.5. The number of ether oxygens (including phenoxy) is 3. The molecular formula is C24H29N3O7. The van der Waals surface area contributed by atoms with E-state index in [9.17, 15) is 14.4 Å². The minimum atomic E-state index is -0.695. The van der Waals surface area contributed by atoms with Crippen LogP contribution in [-0.4, -0.2) is 57.3 Å². The maximum Gasteiger partial charge on any atom is 0.341 e. The molecule has 1 aromatic heterocycles. The third kappa shape index (κ3) is 5.57. The van der Waals surface area contributed by atoms with Crippen LogP contribution in [-0.2, 0) is 20.8 Å². The molecule has 0 aliphatic carbocycles. The number of nitrogens with one attached hydrogen (secondary N) is 2. The van der Waals surface area contributed by atoms with Gasteiger partial charge in [0.1, 0.15) is 22.8 Å². The summed E-state index contributed by atoms with van der Waals surface area (Å²) in [5.41, 5.74) is 1.79. The van der Waals surface area contributed by atoms with Crippen LogP contribution in [0.2, 0.25) is 0 Å². The van der Waals surface area contributed by atoms with Crippen molar-refractivity contribution >= 4 is 18.0 Å². The number of furan rings is 1. The van der Waals surface area contributed by atoms with E-state index in [0.29, 0.717) is 46.2 Å². The fourth-order valence-corrected chi connectivity index (χ4v) is 3.76. The number of carbonyl (C=O) groups is 3. The van der Waals surface area contributed by atoms with Crippen molar-refractivity contribution in [2.75, 3.05) is 34.4 Å². The Morgan fingerprint density at radius 1 is 1.12 bits per heavy atom. The van der Waals surface area contributed by atoms with Crippen molar-refractivity contribution in [1.82, 2.24) is 15.5 Å². The molecule has 2 aromatic rings. The lowest BCUT2D eigenvalue weighted by Crippen LogP contribution is -2.48. The molecule has 3 rings (SSSR count). The summed E-state index contributed by atoms with van der Waals surface area (Å²) in [6, 6.07) is 7.59. The fourth-order valence-electron chi connectivity index (χ4n) is 3.76. The van der Waals surface area contributed by atoms with Gasteiger partial charge in [-0.25, -0.2) is 14.4 Å². The van der Waals surface area contributed by atoms with Crippen molar-refractivity contribution in [3.8, 4) is 5.75 Å². The van der Waals surface area contributed by atoms with Gasteiger partial charge in [-0.05, 0) is 44.7 Å². The van der Waals surface area contributed by atoms with Gasteiger partial charge in [-0.3, -0.25) is 4.90 Å². The number of benzene rings is 1. The van der Waals surface area contributed by atoms with Crippen molar-refractivity contribution in [2.45, 2.75) is 26.4 Å². The summed E-state index contributed by atoms with van der Waals surface area (Å²) in [6.07, 6.45) is 0. The number of rotatable bonds is 9. The lowest BCUT2D eigenvalue weighted by atomic mass is 9.95. The quantitative estimate of drug-likeness (QED) is 0.536. The molecule has 2 amide bonds. The Labute approximate surface area is 197 Å². The molecule has 0 radical (unpaired) electrons. The summed E-state index contributed by atoms with van der Waals surface area (Å²) in [6.45, 7) is 4.15. The second-order valence-electron chi connectivity index (χ2n) is 7.76. The van der Waals surface area contributed by atoms with Crippen LogP contribution in [0.3, 0.4) is 0 Å². The van der Waals surface area contributed by atoms with Gasteiger partial charge in [0, 0.05) is 12.2 Å². The summed E-state index contributed by atoms with van der Waals surface area (Å²) >= 11 is 0. The van der Waals surface area contributed by atoms with E-state index in [1.54, 1.807) is 51.3 Å². The first-order chi connectivity index (χ1) is 16.3. The van der Waals surface area contributed by atoms with E-state index in [-0.39, 0.29) is 13.2 Å². The average molecular weight is 472 g/mol. The molecular weight excluding hydrogens is 442 g/mol. The number of aryl methyl sites for hydroxylation is 1. The van der Waals surface area contributed by atoms with E-state index >= 15 is 0 Å². The van der Waals surface area contributed by atoms with Crippen molar-refractivity contribution in [3.05, 3.63) is 64.2 Å². The van der Waals surface area contributed by atoms with E-state index in [0.717, 1.165) is 0 Å². The zero-order chi connectivity index (χ0) is 24.8. The number of hydrogen-bond donors (Lipinski definition) is 2. The number of carbonyl (C=O) groups excluding carboxylic acids is 3. The minimum absolute atomic E-state index is 0.191. The van der Waals surface area contributed by atoms with Crippen LogP contribution in [0.4, 0.5) is 4.79 Å². The third-order valence-corrected chi connectivity index (χ3v) is 5.33. The summed E-state index contributed by atoms with van der Waals surface area (Å²) < 4.78 is 21.0. The second kappa shape index (κ2) is 10.9. The van der Waals surface area contributed by atoms with Gasteiger partial charge in [-0.1, -0.05) is 12.1 Å². The summed E-state index contributed by atoms with van der Waals surface area (Å²) in [7, 11) is 4.68. The minimum Gasteiger partial charge on any atom is -0.497 e. The molecule has 182 valence electrons. The van der Waals surface area contributed by atoms with Gasteiger partial charge in [-0.2, -0.15) is 0 Å². The van der Waals surface area contributed by atoms with Gasteiger partial charge in [0.05, 0.1) is 39.0 Å². The maximum absolute atomic E-state index is 12.9. The molecule has 0 saturated carbocycles. The first-order valence-electron chi connectivity index (χ1n) is 10.7. The van der Waals surface area contributed by atoms with Crippen LogP contribution in [0.5, 0.6) is 5.75 Å². The molecule has 0 unspecified atom stereocenters. The first kappa shape index (κ1) is 24.8. The Morgan fingerprint density at radius 3 is 2.44 bits per heavy atom. The fraction of sp³-hybridized carbons (Fsp3) is 0.375. The Bertz CT molecular complexity index is 1090. The van der Waals surface area contributed by atoms with E-state index in [2.05, 4.69) is 10.6 Å². The maximum atomic E-state index is 12.9. The molecule has 0 bridgehead atoms. The zero-order valence-electron chi connectivity index (χ0n) is 19.9. The van der Waals surface area contributed by atoms with Gasteiger partial charge < -0.3 is 29.3 Å². The van der Waals surface area contributed by atoms with Crippen molar-refractivity contribution in [2.24, 2.45) is 0 Å². The average Bonchev–Trinajstić information content (AvgIpc) is 3.17. The Hall–Kier alpha value is -3.79. The topological polar surface area (TPSA) is 119 Å². The van der Waals surface area contributed by atoms with E-state index in [1.165, 1.54) is 7.11 Å². The largest absolute Gasteiger partial charge is 0.497 e. The number of methoxy groups -OCH3 is 2. The molecule has 2 N–H and O–H groups in total. The Morgan fingerprint density at radius 2 is 1.82 bits per heavy atom. The third-order valence-electron chi connectivity index (χ3n) is 5.33. The molecule has 10 nitrogen and oxygen atoms in total.